The van der Waals surface area contributed by atoms with Crippen molar-refractivity contribution in [1.29, 1.82) is 0 Å². The summed E-state index contributed by atoms with van der Waals surface area (Å²) < 4.78 is 0. The Hall–Kier alpha value is -0.860. The molecule has 1 aliphatic heterocycles. The molecule has 2 heteroatoms. The van der Waals surface area contributed by atoms with E-state index in [9.17, 15) is 0 Å². The third kappa shape index (κ3) is 3.83. The first-order chi connectivity index (χ1) is 8.28. The molecule has 1 saturated heterocycles. The molecule has 0 spiro atoms. The van der Waals surface area contributed by atoms with Gasteiger partial charge in [-0.2, -0.15) is 0 Å². The zero-order valence-electron chi connectivity index (χ0n) is 10.9. The monoisotopic (exact) mass is 232 g/mol. The summed E-state index contributed by atoms with van der Waals surface area (Å²) >= 11 is 0. The first kappa shape index (κ1) is 12.6. The lowest BCUT2D eigenvalue weighted by atomic mass is 9.90. The summed E-state index contributed by atoms with van der Waals surface area (Å²) in [6, 6.07) is 9.00. The molecule has 0 saturated carbocycles. The van der Waals surface area contributed by atoms with Crippen molar-refractivity contribution in [1.82, 2.24) is 4.90 Å². The number of aryl methyl sites for hydroxylation is 1. The van der Waals surface area contributed by atoms with Gasteiger partial charge in [0.2, 0.25) is 0 Å². The maximum absolute atomic E-state index is 5.59. The van der Waals surface area contributed by atoms with E-state index in [2.05, 4.69) is 36.1 Å². The molecule has 1 aromatic rings. The number of benzene rings is 1. The van der Waals surface area contributed by atoms with E-state index in [1.165, 1.54) is 43.5 Å². The third-order valence-corrected chi connectivity index (χ3v) is 3.80. The number of piperidine rings is 1. The molecule has 2 rings (SSSR count). The minimum atomic E-state index is 0.794. The van der Waals surface area contributed by atoms with E-state index >= 15 is 0 Å². The topological polar surface area (TPSA) is 29.3 Å². The lowest BCUT2D eigenvalue weighted by Gasteiger charge is -2.31. The van der Waals surface area contributed by atoms with Crippen LogP contribution in [0.5, 0.6) is 0 Å². The molecule has 0 aliphatic carbocycles. The lowest BCUT2D eigenvalue weighted by Crippen LogP contribution is -2.37. The second-order valence-corrected chi connectivity index (χ2v) is 5.26. The van der Waals surface area contributed by atoms with Crippen LogP contribution in [0.1, 0.15) is 24.0 Å². The van der Waals surface area contributed by atoms with Crippen LogP contribution in [0.4, 0.5) is 0 Å². The van der Waals surface area contributed by atoms with E-state index in [0.717, 1.165) is 19.0 Å². The van der Waals surface area contributed by atoms with Crippen molar-refractivity contribution in [3.63, 3.8) is 0 Å². The average Bonchev–Trinajstić information content (AvgIpc) is 2.35. The van der Waals surface area contributed by atoms with Crippen LogP contribution in [0, 0.1) is 12.8 Å². The molecule has 0 radical (unpaired) electrons. The molecular formula is C15H24N2. The van der Waals surface area contributed by atoms with E-state index < -0.39 is 0 Å². The molecule has 94 valence electrons. The van der Waals surface area contributed by atoms with Crippen LogP contribution in [0.2, 0.25) is 0 Å². The van der Waals surface area contributed by atoms with Crippen molar-refractivity contribution in [2.45, 2.75) is 26.2 Å². The van der Waals surface area contributed by atoms with Crippen molar-refractivity contribution in [3.05, 3.63) is 35.4 Å². The van der Waals surface area contributed by atoms with Crippen LogP contribution < -0.4 is 5.73 Å². The van der Waals surface area contributed by atoms with E-state index in [1.54, 1.807) is 0 Å². The predicted octanol–water partition coefficient (Wildman–Crippen LogP) is 2.21. The van der Waals surface area contributed by atoms with Gasteiger partial charge in [-0.05, 0) is 50.8 Å². The van der Waals surface area contributed by atoms with Gasteiger partial charge < -0.3 is 10.6 Å². The molecule has 0 atom stereocenters. The highest BCUT2D eigenvalue weighted by Gasteiger charge is 2.18. The first-order valence-corrected chi connectivity index (χ1v) is 6.76. The van der Waals surface area contributed by atoms with Crippen LogP contribution >= 0.6 is 0 Å². The van der Waals surface area contributed by atoms with Gasteiger partial charge in [-0.1, -0.05) is 29.8 Å². The number of hydrogen-bond donors (Lipinski definition) is 1. The Labute approximate surface area is 105 Å². The second-order valence-electron chi connectivity index (χ2n) is 5.26. The summed E-state index contributed by atoms with van der Waals surface area (Å²) in [5.41, 5.74) is 8.44. The molecule has 1 heterocycles. The number of nitrogens with two attached hydrogens (primary N) is 1. The Balaban J connectivity index is 1.79. The number of likely N-dealkylation sites (tertiary alicyclic amines) is 1. The van der Waals surface area contributed by atoms with Crippen molar-refractivity contribution in [3.8, 4) is 0 Å². The zero-order valence-corrected chi connectivity index (χ0v) is 10.9. The average molecular weight is 232 g/mol. The summed E-state index contributed by atoms with van der Waals surface area (Å²) in [7, 11) is 0. The standard InChI is InChI=1S/C15H24N2/c1-13-2-4-14(5-3-13)12-15-6-9-17(10-7-15)11-8-16/h2-5,15H,6-12,16H2,1H3. The van der Waals surface area contributed by atoms with Crippen LogP contribution in [0.25, 0.3) is 0 Å². The molecule has 0 amide bonds. The number of hydrogen-bond acceptors (Lipinski definition) is 2. The van der Waals surface area contributed by atoms with Crippen molar-refractivity contribution in [2.24, 2.45) is 11.7 Å². The van der Waals surface area contributed by atoms with Gasteiger partial charge in [-0.25, -0.2) is 0 Å². The van der Waals surface area contributed by atoms with Crippen LogP contribution in [-0.4, -0.2) is 31.1 Å². The quantitative estimate of drug-likeness (QED) is 0.862. The molecule has 2 N–H and O–H groups in total. The molecule has 1 aliphatic rings. The van der Waals surface area contributed by atoms with Crippen molar-refractivity contribution in [2.75, 3.05) is 26.2 Å². The van der Waals surface area contributed by atoms with E-state index in [-0.39, 0.29) is 0 Å². The Bertz CT molecular complexity index is 323. The summed E-state index contributed by atoms with van der Waals surface area (Å²) in [5, 5.41) is 0. The van der Waals surface area contributed by atoms with Crippen LogP contribution in [-0.2, 0) is 6.42 Å². The fourth-order valence-electron chi connectivity index (χ4n) is 2.65. The Morgan fingerprint density at radius 3 is 2.41 bits per heavy atom. The van der Waals surface area contributed by atoms with Gasteiger partial charge in [0, 0.05) is 13.1 Å². The molecule has 17 heavy (non-hydrogen) atoms. The van der Waals surface area contributed by atoms with Gasteiger partial charge in [0.15, 0.2) is 0 Å². The molecule has 1 fully saturated rings. The normalized spacial score (nSPS) is 18.5. The van der Waals surface area contributed by atoms with Gasteiger partial charge in [-0.3, -0.25) is 0 Å². The Morgan fingerprint density at radius 1 is 1.18 bits per heavy atom. The highest BCUT2D eigenvalue weighted by Crippen LogP contribution is 2.21. The Morgan fingerprint density at radius 2 is 1.82 bits per heavy atom. The number of rotatable bonds is 4. The van der Waals surface area contributed by atoms with E-state index in [4.69, 9.17) is 5.73 Å². The van der Waals surface area contributed by atoms with Gasteiger partial charge in [-0.15, -0.1) is 0 Å². The summed E-state index contributed by atoms with van der Waals surface area (Å²) in [4.78, 5) is 2.49. The van der Waals surface area contributed by atoms with Gasteiger partial charge >= 0.3 is 0 Å². The largest absolute Gasteiger partial charge is 0.329 e. The highest BCUT2D eigenvalue weighted by atomic mass is 15.1. The van der Waals surface area contributed by atoms with Crippen LogP contribution in [0.15, 0.2) is 24.3 Å². The molecule has 0 unspecified atom stereocenters. The fraction of sp³-hybridized carbons (Fsp3) is 0.600. The summed E-state index contributed by atoms with van der Waals surface area (Å²) in [6.07, 6.45) is 3.90. The molecule has 0 bridgehead atoms. The van der Waals surface area contributed by atoms with Gasteiger partial charge in [0.1, 0.15) is 0 Å². The smallest absolute Gasteiger partial charge is 0.0105 e. The maximum Gasteiger partial charge on any atom is 0.0105 e. The first-order valence-electron chi connectivity index (χ1n) is 6.76. The lowest BCUT2D eigenvalue weighted by molar-refractivity contribution is 0.188. The molecule has 0 aromatic heterocycles. The van der Waals surface area contributed by atoms with Gasteiger partial charge in [0.25, 0.3) is 0 Å². The zero-order chi connectivity index (χ0) is 12.1. The van der Waals surface area contributed by atoms with Crippen molar-refractivity contribution < 1.29 is 0 Å². The molecule has 1 aromatic carbocycles. The minimum absolute atomic E-state index is 0.794. The highest BCUT2D eigenvalue weighted by molar-refractivity contribution is 5.21. The minimum Gasteiger partial charge on any atom is -0.329 e. The third-order valence-electron chi connectivity index (χ3n) is 3.80. The maximum atomic E-state index is 5.59. The Kier molecular flexibility index (Phi) is 4.57. The second kappa shape index (κ2) is 6.18. The molecular weight excluding hydrogens is 208 g/mol. The number of nitrogens with zero attached hydrogens (tertiary/aromatic N) is 1. The summed E-state index contributed by atoms with van der Waals surface area (Å²) in [5.74, 6) is 0.867. The van der Waals surface area contributed by atoms with Crippen molar-refractivity contribution >= 4 is 0 Å². The van der Waals surface area contributed by atoms with E-state index in [0.29, 0.717) is 0 Å². The van der Waals surface area contributed by atoms with E-state index in [1.807, 2.05) is 0 Å². The predicted molar refractivity (Wildman–Crippen MR) is 73.1 cm³/mol. The fourth-order valence-corrected chi connectivity index (χ4v) is 2.65. The summed E-state index contributed by atoms with van der Waals surface area (Å²) in [6.45, 7) is 6.47. The van der Waals surface area contributed by atoms with Gasteiger partial charge in [0.05, 0.1) is 0 Å². The van der Waals surface area contributed by atoms with Crippen LogP contribution in [0.3, 0.4) is 0 Å². The SMILES string of the molecule is Cc1ccc(CC2CCN(CCN)CC2)cc1. The molecule has 2 nitrogen and oxygen atoms in total.